The van der Waals surface area contributed by atoms with Crippen molar-refractivity contribution in [2.45, 2.75) is 57.5 Å². The number of carbonyl (C=O) groups excluding carboxylic acids is 1. The number of rotatable bonds is 6. The standard InChI is InChI=1S/C22H35N3O3/c26-22(21-8-7-20(28-21)18-24-10-3-1-4-11-24)25-12-5-2-6-19(25)9-13-23-14-16-27-17-15-23/h7-8,19H,1-6,9-18H2. The SMILES string of the molecule is O=C(c1ccc(CN2CCCCC2)o1)N1CCCCC1CCN1CCOCC1. The molecule has 3 fully saturated rings. The zero-order chi connectivity index (χ0) is 19.2. The molecule has 6 nitrogen and oxygen atoms in total. The van der Waals surface area contributed by atoms with E-state index >= 15 is 0 Å². The molecule has 3 aliphatic heterocycles. The second-order valence-electron chi connectivity index (χ2n) is 8.49. The summed E-state index contributed by atoms with van der Waals surface area (Å²) in [5, 5.41) is 0. The van der Waals surface area contributed by atoms with Gasteiger partial charge in [0, 0.05) is 32.2 Å². The van der Waals surface area contributed by atoms with Crippen LogP contribution in [0.4, 0.5) is 0 Å². The van der Waals surface area contributed by atoms with E-state index in [1.54, 1.807) is 0 Å². The molecule has 0 aliphatic carbocycles. The first kappa shape index (κ1) is 19.9. The molecular weight excluding hydrogens is 354 g/mol. The molecule has 0 bridgehead atoms. The van der Waals surface area contributed by atoms with Gasteiger partial charge in [-0.05, 0) is 63.7 Å². The third-order valence-corrected chi connectivity index (χ3v) is 6.47. The lowest BCUT2D eigenvalue weighted by Crippen LogP contribution is -2.46. The Morgan fingerprint density at radius 1 is 0.929 bits per heavy atom. The summed E-state index contributed by atoms with van der Waals surface area (Å²) in [5.74, 6) is 1.52. The summed E-state index contributed by atoms with van der Waals surface area (Å²) in [6.07, 6.45) is 8.34. The van der Waals surface area contributed by atoms with Crippen LogP contribution in [0.3, 0.4) is 0 Å². The van der Waals surface area contributed by atoms with Crippen LogP contribution in [0.25, 0.3) is 0 Å². The fourth-order valence-electron chi connectivity index (χ4n) is 4.78. The number of carbonyl (C=O) groups is 1. The maximum absolute atomic E-state index is 13.2. The largest absolute Gasteiger partial charge is 0.455 e. The minimum absolute atomic E-state index is 0.0802. The van der Waals surface area contributed by atoms with Crippen LogP contribution in [0.2, 0.25) is 0 Å². The average molecular weight is 390 g/mol. The van der Waals surface area contributed by atoms with E-state index < -0.39 is 0 Å². The van der Waals surface area contributed by atoms with Crippen molar-refractivity contribution < 1.29 is 13.9 Å². The fourth-order valence-corrected chi connectivity index (χ4v) is 4.78. The molecule has 4 heterocycles. The predicted octanol–water partition coefficient (Wildman–Crippen LogP) is 2.98. The molecular formula is C22H35N3O3. The van der Waals surface area contributed by atoms with Crippen LogP contribution < -0.4 is 0 Å². The number of hydrogen-bond acceptors (Lipinski definition) is 5. The summed E-state index contributed by atoms with van der Waals surface area (Å²) in [7, 11) is 0. The van der Waals surface area contributed by atoms with E-state index in [1.807, 2.05) is 12.1 Å². The lowest BCUT2D eigenvalue weighted by Gasteiger charge is -2.37. The van der Waals surface area contributed by atoms with Gasteiger partial charge in [0.25, 0.3) is 5.91 Å². The van der Waals surface area contributed by atoms with Crippen molar-refractivity contribution in [3.05, 3.63) is 23.7 Å². The fraction of sp³-hybridized carbons (Fsp3) is 0.773. The highest BCUT2D eigenvalue weighted by Crippen LogP contribution is 2.24. The Morgan fingerprint density at radius 2 is 1.71 bits per heavy atom. The number of ether oxygens (including phenoxy) is 1. The summed E-state index contributed by atoms with van der Waals surface area (Å²) < 4.78 is 11.4. The van der Waals surface area contributed by atoms with E-state index in [-0.39, 0.29) is 5.91 Å². The number of amides is 1. The number of morpholine rings is 1. The van der Waals surface area contributed by atoms with E-state index in [1.165, 1.54) is 25.7 Å². The molecule has 1 aromatic rings. The van der Waals surface area contributed by atoms with Crippen molar-refractivity contribution in [3.63, 3.8) is 0 Å². The number of nitrogens with zero attached hydrogens (tertiary/aromatic N) is 3. The minimum Gasteiger partial charge on any atom is -0.455 e. The Bertz CT molecular complexity index is 620. The molecule has 1 aromatic heterocycles. The normalized spacial score (nSPS) is 25.1. The molecule has 28 heavy (non-hydrogen) atoms. The molecule has 0 N–H and O–H groups in total. The molecule has 0 spiro atoms. The van der Waals surface area contributed by atoms with Gasteiger partial charge in [-0.15, -0.1) is 0 Å². The summed E-state index contributed by atoms with van der Waals surface area (Å²) in [4.78, 5) is 20.1. The highest BCUT2D eigenvalue weighted by atomic mass is 16.5. The van der Waals surface area contributed by atoms with E-state index in [2.05, 4.69) is 14.7 Å². The van der Waals surface area contributed by atoms with Crippen LogP contribution in [0.15, 0.2) is 16.5 Å². The minimum atomic E-state index is 0.0802. The maximum atomic E-state index is 13.2. The molecule has 3 aliphatic rings. The second-order valence-corrected chi connectivity index (χ2v) is 8.49. The maximum Gasteiger partial charge on any atom is 0.289 e. The topological polar surface area (TPSA) is 49.2 Å². The van der Waals surface area contributed by atoms with E-state index in [9.17, 15) is 4.79 Å². The van der Waals surface area contributed by atoms with Crippen molar-refractivity contribution in [1.29, 1.82) is 0 Å². The first-order valence-corrected chi connectivity index (χ1v) is 11.2. The molecule has 0 saturated carbocycles. The Morgan fingerprint density at radius 3 is 2.54 bits per heavy atom. The van der Waals surface area contributed by atoms with Crippen molar-refractivity contribution in [1.82, 2.24) is 14.7 Å². The van der Waals surface area contributed by atoms with Crippen LogP contribution in [-0.4, -0.2) is 79.1 Å². The highest BCUT2D eigenvalue weighted by molar-refractivity contribution is 5.91. The zero-order valence-corrected chi connectivity index (χ0v) is 17.1. The monoisotopic (exact) mass is 389 g/mol. The molecule has 4 rings (SSSR count). The van der Waals surface area contributed by atoms with Crippen molar-refractivity contribution in [2.24, 2.45) is 0 Å². The van der Waals surface area contributed by atoms with Crippen LogP contribution in [0.1, 0.15) is 61.3 Å². The number of piperidine rings is 2. The van der Waals surface area contributed by atoms with Gasteiger partial charge in [-0.3, -0.25) is 14.6 Å². The number of hydrogen-bond donors (Lipinski definition) is 0. The molecule has 6 heteroatoms. The van der Waals surface area contributed by atoms with Gasteiger partial charge in [-0.2, -0.15) is 0 Å². The first-order valence-electron chi connectivity index (χ1n) is 11.2. The smallest absolute Gasteiger partial charge is 0.289 e. The zero-order valence-electron chi connectivity index (χ0n) is 17.1. The van der Waals surface area contributed by atoms with Gasteiger partial charge in [-0.25, -0.2) is 0 Å². The highest BCUT2D eigenvalue weighted by Gasteiger charge is 2.29. The van der Waals surface area contributed by atoms with Crippen molar-refractivity contribution in [3.8, 4) is 0 Å². The summed E-state index contributed by atoms with van der Waals surface area (Å²) in [6.45, 7) is 8.70. The van der Waals surface area contributed by atoms with Crippen LogP contribution in [-0.2, 0) is 11.3 Å². The Labute approximate surface area is 168 Å². The molecule has 1 amide bonds. The summed E-state index contributed by atoms with van der Waals surface area (Å²) >= 11 is 0. The van der Waals surface area contributed by atoms with Crippen LogP contribution >= 0.6 is 0 Å². The quantitative estimate of drug-likeness (QED) is 0.749. The first-order chi connectivity index (χ1) is 13.8. The molecule has 1 unspecified atom stereocenters. The molecule has 0 radical (unpaired) electrons. The van der Waals surface area contributed by atoms with E-state index in [4.69, 9.17) is 9.15 Å². The summed E-state index contributed by atoms with van der Waals surface area (Å²) in [5.41, 5.74) is 0. The van der Waals surface area contributed by atoms with Gasteiger partial charge in [0.15, 0.2) is 5.76 Å². The molecule has 0 aromatic carbocycles. The Balaban J connectivity index is 1.33. The Kier molecular flexibility index (Phi) is 7.04. The van der Waals surface area contributed by atoms with Crippen LogP contribution in [0.5, 0.6) is 0 Å². The molecule has 156 valence electrons. The van der Waals surface area contributed by atoms with Crippen LogP contribution in [0, 0.1) is 0 Å². The number of likely N-dealkylation sites (tertiary alicyclic amines) is 2. The van der Waals surface area contributed by atoms with Gasteiger partial charge in [0.1, 0.15) is 5.76 Å². The van der Waals surface area contributed by atoms with E-state index in [0.717, 1.165) is 84.0 Å². The third kappa shape index (κ3) is 5.16. The van der Waals surface area contributed by atoms with Gasteiger partial charge in [-0.1, -0.05) is 6.42 Å². The van der Waals surface area contributed by atoms with Gasteiger partial charge < -0.3 is 14.1 Å². The van der Waals surface area contributed by atoms with Crippen molar-refractivity contribution in [2.75, 3.05) is 52.5 Å². The predicted molar refractivity (Wildman–Crippen MR) is 108 cm³/mol. The molecule has 1 atom stereocenters. The molecule has 3 saturated heterocycles. The lowest BCUT2D eigenvalue weighted by molar-refractivity contribution is 0.0290. The van der Waals surface area contributed by atoms with Gasteiger partial charge >= 0.3 is 0 Å². The Hall–Kier alpha value is -1.37. The second kappa shape index (κ2) is 9.90. The third-order valence-electron chi connectivity index (χ3n) is 6.47. The van der Waals surface area contributed by atoms with E-state index in [0.29, 0.717) is 11.8 Å². The average Bonchev–Trinajstić information content (AvgIpc) is 3.22. The van der Waals surface area contributed by atoms with Gasteiger partial charge in [0.2, 0.25) is 0 Å². The van der Waals surface area contributed by atoms with Gasteiger partial charge in [0.05, 0.1) is 19.8 Å². The lowest BCUT2D eigenvalue weighted by atomic mass is 9.98. The van der Waals surface area contributed by atoms with Crippen molar-refractivity contribution >= 4 is 5.91 Å². The summed E-state index contributed by atoms with van der Waals surface area (Å²) in [6, 6.07) is 4.21. The number of furan rings is 1.